The number of aromatic nitrogens is 2. The van der Waals surface area contributed by atoms with E-state index in [-0.39, 0.29) is 0 Å². The maximum absolute atomic E-state index is 10.8. The number of carboxylic acids is 1. The first kappa shape index (κ1) is 9.67. The number of imidazole rings is 1. The smallest absolute Gasteiger partial charge is 0.326 e. The Balaban J connectivity index is 2.69. The van der Waals surface area contributed by atoms with Gasteiger partial charge in [-0.3, -0.25) is 9.20 Å². The third-order valence-electron chi connectivity index (χ3n) is 2.34. The molecule has 1 atom stereocenters. The summed E-state index contributed by atoms with van der Waals surface area (Å²) in [5.41, 5.74) is 6.97. The fourth-order valence-corrected chi connectivity index (χ4v) is 1.60. The van der Waals surface area contributed by atoms with Gasteiger partial charge in [0.05, 0.1) is 17.4 Å². The molecular formula is C10H11N3O2. The number of carbonyl (C=O) groups is 1. The monoisotopic (exact) mass is 205 g/mol. The Hall–Kier alpha value is -1.88. The summed E-state index contributed by atoms with van der Waals surface area (Å²) in [6.45, 7) is 1.81. The summed E-state index contributed by atoms with van der Waals surface area (Å²) >= 11 is 0. The molecule has 2 rings (SSSR count). The van der Waals surface area contributed by atoms with Gasteiger partial charge in [-0.1, -0.05) is 6.07 Å². The molecule has 0 aliphatic heterocycles. The van der Waals surface area contributed by atoms with Crippen LogP contribution >= 0.6 is 0 Å². The number of hydrogen-bond donors (Lipinski definition) is 2. The van der Waals surface area contributed by atoms with Gasteiger partial charge in [-0.05, 0) is 19.1 Å². The Bertz CT molecular complexity index is 518. The van der Waals surface area contributed by atoms with Gasteiger partial charge in [0.2, 0.25) is 0 Å². The second-order valence-corrected chi connectivity index (χ2v) is 3.33. The first-order valence-electron chi connectivity index (χ1n) is 4.52. The lowest BCUT2D eigenvalue weighted by Gasteiger charge is -2.10. The van der Waals surface area contributed by atoms with Crippen LogP contribution in [0.5, 0.6) is 0 Å². The number of rotatable bonds is 2. The molecule has 0 aromatic carbocycles. The molecular weight excluding hydrogens is 194 g/mol. The van der Waals surface area contributed by atoms with Crippen molar-refractivity contribution >= 4 is 11.5 Å². The lowest BCUT2D eigenvalue weighted by atomic mass is 10.2. The summed E-state index contributed by atoms with van der Waals surface area (Å²) < 4.78 is 1.75. The predicted molar refractivity (Wildman–Crippen MR) is 54.5 cm³/mol. The number of hydrogen-bond acceptors (Lipinski definition) is 3. The van der Waals surface area contributed by atoms with Crippen LogP contribution in [0.15, 0.2) is 24.4 Å². The van der Waals surface area contributed by atoms with Gasteiger partial charge in [-0.2, -0.15) is 0 Å². The van der Waals surface area contributed by atoms with Crippen LogP contribution in [0.4, 0.5) is 0 Å². The summed E-state index contributed by atoms with van der Waals surface area (Å²) in [7, 11) is 0. The summed E-state index contributed by atoms with van der Waals surface area (Å²) in [6.07, 6.45) is 1.69. The van der Waals surface area contributed by atoms with Crippen molar-refractivity contribution in [1.82, 2.24) is 9.38 Å². The molecule has 2 aromatic heterocycles. The third-order valence-corrected chi connectivity index (χ3v) is 2.34. The molecule has 0 saturated carbocycles. The molecule has 0 spiro atoms. The fraction of sp³-hybridized carbons (Fsp3) is 0.200. The van der Waals surface area contributed by atoms with E-state index in [2.05, 4.69) is 4.98 Å². The molecule has 5 nitrogen and oxygen atoms in total. The molecule has 2 heterocycles. The number of aryl methyl sites for hydroxylation is 1. The van der Waals surface area contributed by atoms with Crippen LogP contribution in [0.25, 0.3) is 5.52 Å². The quantitative estimate of drug-likeness (QED) is 0.757. The standard InChI is InChI=1S/C10H11N3O2/c1-6-12-5-7-3-2-4-8(13(6)7)9(11)10(14)15/h2-5,9H,11H2,1H3,(H,14,15). The van der Waals surface area contributed by atoms with E-state index in [1.165, 1.54) is 0 Å². The summed E-state index contributed by atoms with van der Waals surface area (Å²) in [5, 5.41) is 8.86. The van der Waals surface area contributed by atoms with E-state index in [0.717, 1.165) is 11.3 Å². The van der Waals surface area contributed by atoms with Gasteiger partial charge in [0, 0.05) is 0 Å². The Morgan fingerprint density at radius 2 is 2.33 bits per heavy atom. The van der Waals surface area contributed by atoms with E-state index in [4.69, 9.17) is 10.8 Å². The van der Waals surface area contributed by atoms with Crippen molar-refractivity contribution in [2.45, 2.75) is 13.0 Å². The number of aliphatic carboxylic acids is 1. The zero-order chi connectivity index (χ0) is 11.0. The average Bonchev–Trinajstić information content (AvgIpc) is 2.59. The maximum Gasteiger partial charge on any atom is 0.326 e. The molecule has 3 N–H and O–H groups in total. The van der Waals surface area contributed by atoms with Crippen molar-refractivity contribution in [2.75, 3.05) is 0 Å². The van der Waals surface area contributed by atoms with Crippen molar-refractivity contribution in [3.63, 3.8) is 0 Å². The highest BCUT2D eigenvalue weighted by molar-refractivity contribution is 5.75. The van der Waals surface area contributed by atoms with Gasteiger partial charge in [0.1, 0.15) is 11.9 Å². The van der Waals surface area contributed by atoms with Crippen LogP contribution in [0.3, 0.4) is 0 Å². The molecule has 0 aliphatic rings. The van der Waals surface area contributed by atoms with Gasteiger partial charge < -0.3 is 10.8 Å². The van der Waals surface area contributed by atoms with Crippen LogP contribution in [-0.4, -0.2) is 20.5 Å². The second-order valence-electron chi connectivity index (χ2n) is 3.33. The summed E-state index contributed by atoms with van der Waals surface area (Å²) in [4.78, 5) is 14.9. The predicted octanol–water partition coefficient (Wildman–Crippen LogP) is 0.727. The molecule has 5 heteroatoms. The minimum Gasteiger partial charge on any atom is -0.480 e. The van der Waals surface area contributed by atoms with E-state index >= 15 is 0 Å². The lowest BCUT2D eigenvalue weighted by molar-refractivity contribution is -0.138. The third kappa shape index (κ3) is 1.46. The fourth-order valence-electron chi connectivity index (χ4n) is 1.60. The van der Waals surface area contributed by atoms with Gasteiger partial charge in [-0.15, -0.1) is 0 Å². The average molecular weight is 205 g/mol. The topological polar surface area (TPSA) is 80.6 Å². The van der Waals surface area contributed by atoms with Gasteiger partial charge >= 0.3 is 5.97 Å². The first-order chi connectivity index (χ1) is 7.11. The summed E-state index contributed by atoms with van der Waals surface area (Å²) in [6, 6.07) is 4.30. The number of fused-ring (bicyclic) bond motifs is 1. The van der Waals surface area contributed by atoms with Gasteiger partial charge in [0.25, 0.3) is 0 Å². The van der Waals surface area contributed by atoms with Crippen LogP contribution in [0, 0.1) is 6.92 Å². The van der Waals surface area contributed by atoms with E-state index in [1.807, 2.05) is 13.0 Å². The van der Waals surface area contributed by atoms with E-state index in [0.29, 0.717) is 5.69 Å². The molecule has 0 aliphatic carbocycles. The molecule has 0 amide bonds. The molecule has 0 bridgehead atoms. The molecule has 0 radical (unpaired) electrons. The Labute approximate surface area is 86.2 Å². The molecule has 1 unspecified atom stereocenters. The van der Waals surface area contributed by atoms with Crippen molar-refractivity contribution in [1.29, 1.82) is 0 Å². The molecule has 0 saturated heterocycles. The van der Waals surface area contributed by atoms with Crippen molar-refractivity contribution in [2.24, 2.45) is 5.73 Å². The molecule has 78 valence electrons. The molecule has 2 aromatic rings. The van der Waals surface area contributed by atoms with Crippen molar-refractivity contribution < 1.29 is 9.90 Å². The minimum atomic E-state index is -1.05. The molecule has 0 fully saturated rings. The second kappa shape index (κ2) is 3.36. The Kier molecular flexibility index (Phi) is 2.17. The van der Waals surface area contributed by atoms with Crippen LogP contribution in [-0.2, 0) is 4.79 Å². The van der Waals surface area contributed by atoms with Crippen molar-refractivity contribution in [3.8, 4) is 0 Å². The van der Waals surface area contributed by atoms with Crippen molar-refractivity contribution in [3.05, 3.63) is 35.9 Å². The highest BCUT2D eigenvalue weighted by atomic mass is 16.4. The first-order valence-corrected chi connectivity index (χ1v) is 4.52. The minimum absolute atomic E-state index is 0.537. The van der Waals surface area contributed by atoms with E-state index < -0.39 is 12.0 Å². The van der Waals surface area contributed by atoms with Crippen LogP contribution < -0.4 is 5.73 Å². The Morgan fingerprint density at radius 3 is 3.00 bits per heavy atom. The SMILES string of the molecule is Cc1ncc2cccc(C(N)C(=O)O)n12. The number of pyridine rings is 1. The van der Waals surface area contributed by atoms with E-state index in [9.17, 15) is 4.79 Å². The Morgan fingerprint density at radius 1 is 1.60 bits per heavy atom. The van der Waals surface area contributed by atoms with Crippen LogP contribution in [0.2, 0.25) is 0 Å². The number of nitrogens with two attached hydrogens (primary N) is 1. The number of carboxylic acid groups (broad SMARTS) is 1. The van der Waals surface area contributed by atoms with Gasteiger partial charge in [-0.25, -0.2) is 4.98 Å². The lowest BCUT2D eigenvalue weighted by Crippen LogP contribution is -2.23. The molecule has 15 heavy (non-hydrogen) atoms. The zero-order valence-electron chi connectivity index (χ0n) is 8.21. The number of nitrogens with zero attached hydrogens (tertiary/aromatic N) is 2. The highest BCUT2D eigenvalue weighted by Crippen LogP contribution is 2.15. The van der Waals surface area contributed by atoms with Gasteiger partial charge in [0.15, 0.2) is 0 Å². The largest absolute Gasteiger partial charge is 0.480 e. The zero-order valence-corrected chi connectivity index (χ0v) is 8.21. The highest BCUT2D eigenvalue weighted by Gasteiger charge is 2.17. The maximum atomic E-state index is 10.8. The normalized spacial score (nSPS) is 12.9. The van der Waals surface area contributed by atoms with Crippen LogP contribution in [0.1, 0.15) is 17.6 Å². The summed E-state index contributed by atoms with van der Waals surface area (Å²) in [5.74, 6) is -0.312. The van der Waals surface area contributed by atoms with E-state index in [1.54, 1.807) is 22.7 Å².